The van der Waals surface area contributed by atoms with E-state index in [9.17, 15) is 0 Å². The van der Waals surface area contributed by atoms with E-state index in [1.807, 2.05) is 36.7 Å². The van der Waals surface area contributed by atoms with Crippen LogP contribution in [0.5, 0.6) is 0 Å². The van der Waals surface area contributed by atoms with Gasteiger partial charge in [-0.05, 0) is 23.3 Å². The lowest BCUT2D eigenvalue weighted by atomic mass is 9.98. The number of rotatable bonds is 4. The molecule has 0 saturated heterocycles. The highest BCUT2D eigenvalue weighted by atomic mass is 16.3. The summed E-state index contributed by atoms with van der Waals surface area (Å²) < 4.78 is 6.56. The molecule has 0 amide bonds. The molecule has 3 aromatic heterocycles. The topological polar surface area (TPSA) is 38.9 Å². The fourth-order valence-electron chi connectivity index (χ4n) is 4.98. The minimum atomic E-state index is 0.888. The van der Waals surface area contributed by atoms with E-state index >= 15 is 0 Å². The average Bonchev–Trinajstić information content (AvgIpc) is 3.37. The molecule has 0 N–H and O–H groups in total. The van der Waals surface area contributed by atoms with Gasteiger partial charge in [0.2, 0.25) is 0 Å². The third kappa shape index (κ3) is 3.78. The normalized spacial score (nSPS) is 11.2. The third-order valence-corrected chi connectivity index (χ3v) is 6.86. The van der Waals surface area contributed by atoms with Crippen molar-refractivity contribution in [3.63, 3.8) is 0 Å². The van der Waals surface area contributed by atoms with Gasteiger partial charge in [0.1, 0.15) is 11.2 Å². The predicted octanol–water partition coefficient (Wildman–Crippen LogP) is 9.04. The highest BCUT2D eigenvalue weighted by Crippen LogP contribution is 2.39. The molecule has 0 atom stereocenters. The Bertz CT molecular complexity index is 1840. The first-order valence-corrected chi connectivity index (χ1v) is 12.3. The van der Waals surface area contributed by atoms with Crippen LogP contribution in [0.3, 0.4) is 0 Å². The van der Waals surface area contributed by atoms with E-state index in [4.69, 9.17) is 4.42 Å². The van der Waals surface area contributed by atoms with Crippen LogP contribution < -0.4 is 0 Å². The maximum atomic E-state index is 6.56. The van der Waals surface area contributed by atoms with Gasteiger partial charge in [-0.3, -0.25) is 9.97 Å². The minimum Gasteiger partial charge on any atom is -0.455 e. The fraction of sp³-hybridized carbons (Fsp3) is 0. The van der Waals surface area contributed by atoms with E-state index < -0.39 is 0 Å². The molecular weight excluding hydrogens is 452 g/mol. The number of furan rings is 1. The van der Waals surface area contributed by atoms with E-state index in [1.54, 1.807) is 6.20 Å². The zero-order valence-corrected chi connectivity index (χ0v) is 20.0. The molecular formula is C34H22N2O. The Balaban J connectivity index is 1.27. The number of benzene rings is 4. The first-order valence-electron chi connectivity index (χ1n) is 12.3. The van der Waals surface area contributed by atoms with Gasteiger partial charge >= 0.3 is 0 Å². The van der Waals surface area contributed by atoms with Crippen molar-refractivity contribution < 1.29 is 4.42 Å². The van der Waals surface area contributed by atoms with Gasteiger partial charge in [-0.2, -0.15) is 0 Å². The van der Waals surface area contributed by atoms with Crippen molar-refractivity contribution >= 4 is 21.9 Å². The van der Waals surface area contributed by atoms with Crippen molar-refractivity contribution in [3.8, 4) is 44.6 Å². The van der Waals surface area contributed by atoms with Gasteiger partial charge in [0.15, 0.2) is 0 Å². The molecule has 37 heavy (non-hydrogen) atoms. The molecule has 7 rings (SSSR count). The van der Waals surface area contributed by atoms with Gasteiger partial charge in [-0.15, -0.1) is 0 Å². The Morgan fingerprint density at radius 2 is 1.08 bits per heavy atom. The Kier molecular flexibility index (Phi) is 5.11. The van der Waals surface area contributed by atoms with Gasteiger partial charge in [-0.25, -0.2) is 0 Å². The first kappa shape index (κ1) is 21.3. The maximum Gasteiger partial charge on any atom is 0.143 e. The van der Waals surface area contributed by atoms with Crippen LogP contribution in [0.1, 0.15) is 0 Å². The Morgan fingerprint density at radius 1 is 0.432 bits per heavy atom. The highest BCUT2D eigenvalue weighted by molar-refractivity contribution is 6.13. The third-order valence-electron chi connectivity index (χ3n) is 6.86. The Morgan fingerprint density at radius 3 is 1.73 bits per heavy atom. The van der Waals surface area contributed by atoms with Gasteiger partial charge in [-0.1, -0.05) is 103 Å². The SMILES string of the molecule is c1ccc(-c2ccc(-c3ccc(-c4cccc5c4oc4c(-c6cccnc6)cccc45)cc3)cn2)cc1. The lowest BCUT2D eigenvalue weighted by Gasteiger charge is -2.07. The number of hydrogen-bond acceptors (Lipinski definition) is 3. The summed E-state index contributed by atoms with van der Waals surface area (Å²) in [5.74, 6) is 0. The molecule has 0 bridgehead atoms. The quantitative estimate of drug-likeness (QED) is 0.255. The molecule has 0 spiro atoms. The number of pyridine rings is 2. The Labute approximate surface area is 214 Å². The predicted molar refractivity (Wildman–Crippen MR) is 151 cm³/mol. The van der Waals surface area contributed by atoms with Crippen LogP contribution in [0.4, 0.5) is 0 Å². The zero-order chi connectivity index (χ0) is 24.6. The summed E-state index contributed by atoms with van der Waals surface area (Å²) >= 11 is 0. The number of hydrogen-bond donors (Lipinski definition) is 0. The van der Waals surface area contributed by atoms with Crippen LogP contribution in [-0.2, 0) is 0 Å². The van der Waals surface area contributed by atoms with Crippen molar-refractivity contribution in [1.29, 1.82) is 0 Å². The minimum absolute atomic E-state index is 0.888. The monoisotopic (exact) mass is 474 g/mol. The molecule has 3 nitrogen and oxygen atoms in total. The summed E-state index contributed by atoms with van der Waals surface area (Å²) in [5.41, 5.74) is 10.4. The number of fused-ring (bicyclic) bond motifs is 3. The number of para-hydroxylation sites is 2. The molecule has 0 aliphatic carbocycles. The summed E-state index contributed by atoms with van der Waals surface area (Å²) in [6.07, 6.45) is 5.61. The molecule has 7 aromatic rings. The van der Waals surface area contributed by atoms with Crippen molar-refractivity contribution in [2.75, 3.05) is 0 Å². The lowest BCUT2D eigenvalue weighted by molar-refractivity contribution is 0.671. The molecule has 0 aliphatic rings. The second kappa shape index (κ2) is 8.89. The van der Waals surface area contributed by atoms with Crippen LogP contribution in [0.25, 0.3) is 66.6 Å². The summed E-state index contributed by atoms with van der Waals surface area (Å²) in [6.45, 7) is 0. The second-order valence-corrected chi connectivity index (χ2v) is 9.08. The molecule has 0 radical (unpaired) electrons. The molecule has 0 aliphatic heterocycles. The number of aromatic nitrogens is 2. The molecule has 174 valence electrons. The molecule has 3 heterocycles. The first-order chi connectivity index (χ1) is 18.3. The summed E-state index contributed by atoms with van der Waals surface area (Å²) in [5, 5.41) is 2.22. The summed E-state index contributed by atoms with van der Waals surface area (Å²) in [4.78, 5) is 8.98. The van der Waals surface area contributed by atoms with Crippen LogP contribution in [0, 0.1) is 0 Å². The summed E-state index contributed by atoms with van der Waals surface area (Å²) in [7, 11) is 0. The van der Waals surface area contributed by atoms with E-state index in [2.05, 4.69) is 101 Å². The van der Waals surface area contributed by atoms with E-state index in [0.29, 0.717) is 0 Å². The fourth-order valence-corrected chi connectivity index (χ4v) is 4.98. The standard InChI is InChI=1S/C34H22N2O/c1-2-7-25(8-3-1)32-19-18-26(22-36-32)23-14-16-24(17-15-23)28-10-4-12-30-31-13-5-11-29(34(31)37-33(28)30)27-9-6-20-35-21-27/h1-22H. The molecule has 4 aromatic carbocycles. The maximum absolute atomic E-state index is 6.56. The highest BCUT2D eigenvalue weighted by Gasteiger charge is 2.15. The molecule has 0 fully saturated rings. The van der Waals surface area contributed by atoms with Crippen molar-refractivity contribution in [1.82, 2.24) is 9.97 Å². The molecule has 3 heteroatoms. The zero-order valence-electron chi connectivity index (χ0n) is 20.0. The average molecular weight is 475 g/mol. The van der Waals surface area contributed by atoms with Crippen molar-refractivity contribution in [3.05, 3.63) is 134 Å². The van der Waals surface area contributed by atoms with Crippen LogP contribution in [-0.4, -0.2) is 9.97 Å². The molecule has 0 unspecified atom stereocenters. The van der Waals surface area contributed by atoms with Gasteiger partial charge in [0.05, 0.1) is 5.69 Å². The van der Waals surface area contributed by atoms with Crippen LogP contribution >= 0.6 is 0 Å². The number of nitrogens with zero attached hydrogens (tertiary/aromatic N) is 2. The van der Waals surface area contributed by atoms with E-state index in [1.165, 1.54) is 0 Å². The van der Waals surface area contributed by atoms with E-state index in [0.717, 1.165) is 66.6 Å². The second-order valence-electron chi connectivity index (χ2n) is 9.08. The van der Waals surface area contributed by atoms with Gasteiger partial charge in [0.25, 0.3) is 0 Å². The van der Waals surface area contributed by atoms with E-state index in [-0.39, 0.29) is 0 Å². The Hall–Kier alpha value is -5.02. The van der Waals surface area contributed by atoms with Gasteiger partial charge in [0, 0.05) is 57.2 Å². The van der Waals surface area contributed by atoms with Crippen LogP contribution in [0.15, 0.2) is 138 Å². The van der Waals surface area contributed by atoms with Crippen molar-refractivity contribution in [2.24, 2.45) is 0 Å². The van der Waals surface area contributed by atoms with Crippen molar-refractivity contribution in [2.45, 2.75) is 0 Å². The smallest absolute Gasteiger partial charge is 0.143 e. The lowest BCUT2D eigenvalue weighted by Crippen LogP contribution is -1.85. The van der Waals surface area contributed by atoms with Gasteiger partial charge < -0.3 is 4.42 Å². The van der Waals surface area contributed by atoms with Crippen LogP contribution in [0.2, 0.25) is 0 Å². The largest absolute Gasteiger partial charge is 0.455 e. The summed E-state index contributed by atoms with van der Waals surface area (Å²) in [6, 6.07) is 39.7. The molecule has 0 saturated carbocycles.